The second kappa shape index (κ2) is 5.00. The Morgan fingerprint density at radius 1 is 0.810 bits per heavy atom. The lowest BCUT2D eigenvalue weighted by Gasteiger charge is -2.19. The quantitative estimate of drug-likeness (QED) is 0.571. The molecular formula is C20H21N. The van der Waals surface area contributed by atoms with Crippen LogP contribution in [0.5, 0.6) is 0 Å². The Morgan fingerprint density at radius 2 is 1.52 bits per heavy atom. The number of rotatable bonds is 1. The fourth-order valence-electron chi connectivity index (χ4n) is 2.48. The monoisotopic (exact) mass is 275 g/mol. The van der Waals surface area contributed by atoms with Gasteiger partial charge >= 0.3 is 0 Å². The molecule has 0 N–H and O–H groups in total. The van der Waals surface area contributed by atoms with Gasteiger partial charge in [0.05, 0.1) is 11.2 Å². The minimum Gasteiger partial charge on any atom is -0.248 e. The average Bonchev–Trinajstić information content (AvgIpc) is 2.46. The molecule has 3 rings (SSSR count). The molecule has 0 unspecified atom stereocenters. The predicted octanol–water partition coefficient (Wildman–Crippen LogP) is 5.51. The lowest BCUT2D eigenvalue weighted by molar-refractivity contribution is 0.591. The van der Waals surface area contributed by atoms with Crippen molar-refractivity contribution in [3.8, 4) is 11.3 Å². The summed E-state index contributed by atoms with van der Waals surface area (Å²) in [7, 11) is 0. The van der Waals surface area contributed by atoms with Crippen LogP contribution in [0.2, 0.25) is 0 Å². The van der Waals surface area contributed by atoms with Crippen molar-refractivity contribution in [2.24, 2.45) is 0 Å². The van der Waals surface area contributed by atoms with Gasteiger partial charge in [0.15, 0.2) is 0 Å². The van der Waals surface area contributed by atoms with Crippen molar-refractivity contribution < 1.29 is 0 Å². The molecule has 0 spiro atoms. The summed E-state index contributed by atoms with van der Waals surface area (Å²) < 4.78 is 0. The van der Waals surface area contributed by atoms with Crippen molar-refractivity contribution in [2.45, 2.75) is 33.1 Å². The van der Waals surface area contributed by atoms with Crippen molar-refractivity contribution in [3.05, 3.63) is 65.7 Å². The van der Waals surface area contributed by atoms with Gasteiger partial charge in [-0.2, -0.15) is 0 Å². The number of nitrogens with zero attached hydrogens (tertiary/aromatic N) is 1. The van der Waals surface area contributed by atoms with Crippen LogP contribution < -0.4 is 0 Å². The van der Waals surface area contributed by atoms with Gasteiger partial charge in [0.1, 0.15) is 0 Å². The Hall–Kier alpha value is -2.15. The van der Waals surface area contributed by atoms with Gasteiger partial charge in [-0.15, -0.1) is 0 Å². The van der Waals surface area contributed by atoms with E-state index in [1.807, 2.05) is 0 Å². The topological polar surface area (TPSA) is 12.9 Å². The zero-order chi connectivity index (χ0) is 15.0. The van der Waals surface area contributed by atoms with E-state index in [1.54, 1.807) is 0 Å². The molecule has 0 aliphatic rings. The molecule has 106 valence electrons. The average molecular weight is 275 g/mol. The summed E-state index contributed by atoms with van der Waals surface area (Å²) in [5, 5.41) is 1.21. The molecule has 0 aliphatic heterocycles. The van der Waals surface area contributed by atoms with E-state index in [0.29, 0.717) is 0 Å². The summed E-state index contributed by atoms with van der Waals surface area (Å²) in [6.45, 7) is 8.82. The Kier molecular flexibility index (Phi) is 3.29. The van der Waals surface area contributed by atoms with Crippen molar-refractivity contribution in [1.29, 1.82) is 0 Å². The molecule has 0 atom stereocenters. The summed E-state index contributed by atoms with van der Waals surface area (Å²) in [5.74, 6) is 0. The van der Waals surface area contributed by atoms with E-state index in [1.165, 1.54) is 22.1 Å². The van der Waals surface area contributed by atoms with Crippen LogP contribution in [0.25, 0.3) is 22.2 Å². The molecule has 0 amide bonds. The molecule has 3 aromatic rings. The highest BCUT2D eigenvalue weighted by atomic mass is 14.7. The second-order valence-corrected chi connectivity index (χ2v) is 6.72. The normalized spacial score (nSPS) is 11.8. The Bertz CT molecular complexity index is 777. The van der Waals surface area contributed by atoms with Crippen molar-refractivity contribution in [3.63, 3.8) is 0 Å². The Morgan fingerprint density at radius 3 is 2.19 bits per heavy atom. The van der Waals surface area contributed by atoms with E-state index < -0.39 is 0 Å². The molecule has 1 heteroatoms. The standard InChI is InChI=1S/C20H21N/c1-14-5-7-15(8-6-14)18-11-9-16-13-17(20(2,3)4)10-12-19(16)21-18/h5-13H,1-4H3. The van der Waals surface area contributed by atoms with Gasteiger partial charge in [-0.05, 0) is 36.1 Å². The Labute approximate surface area is 126 Å². The number of pyridine rings is 1. The fourth-order valence-corrected chi connectivity index (χ4v) is 2.48. The molecule has 0 radical (unpaired) electrons. The number of hydrogen-bond donors (Lipinski definition) is 0. The van der Waals surface area contributed by atoms with Crippen LogP contribution in [0.3, 0.4) is 0 Å². The largest absolute Gasteiger partial charge is 0.248 e. The zero-order valence-corrected chi connectivity index (χ0v) is 13.1. The third-order valence-corrected chi connectivity index (χ3v) is 3.90. The van der Waals surface area contributed by atoms with Crippen molar-refractivity contribution in [1.82, 2.24) is 4.98 Å². The first kappa shape index (κ1) is 13.8. The highest BCUT2D eigenvalue weighted by Gasteiger charge is 2.14. The molecule has 1 nitrogen and oxygen atoms in total. The first-order chi connectivity index (χ1) is 9.93. The number of aryl methyl sites for hydroxylation is 1. The van der Waals surface area contributed by atoms with Crippen LogP contribution in [0, 0.1) is 6.92 Å². The summed E-state index contributed by atoms with van der Waals surface area (Å²) in [5.41, 5.74) is 6.05. The zero-order valence-electron chi connectivity index (χ0n) is 13.1. The van der Waals surface area contributed by atoms with Crippen LogP contribution in [0.1, 0.15) is 31.9 Å². The second-order valence-electron chi connectivity index (χ2n) is 6.72. The first-order valence-electron chi connectivity index (χ1n) is 7.42. The molecule has 0 saturated carbocycles. The van der Waals surface area contributed by atoms with Gasteiger partial charge in [-0.3, -0.25) is 0 Å². The number of hydrogen-bond acceptors (Lipinski definition) is 1. The summed E-state index contributed by atoms with van der Waals surface area (Å²) in [4.78, 5) is 4.80. The molecule has 0 fully saturated rings. The van der Waals surface area contributed by atoms with Gasteiger partial charge in [-0.25, -0.2) is 4.98 Å². The van der Waals surface area contributed by atoms with Gasteiger partial charge in [0, 0.05) is 10.9 Å². The summed E-state index contributed by atoms with van der Waals surface area (Å²) in [6, 6.07) is 19.4. The maximum absolute atomic E-state index is 4.80. The number of benzene rings is 2. The minimum absolute atomic E-state index is 0.170. The minimum atomic E-state index is 0.170. The number of aromatic nitrogens is 1. The van der Waals surface area contributed by atoms with E-state index in [0.717, 1.165) is 11.2 Å². The van der Waals surface area contributed by atoms with Gasteiger partial charge in [0.25, 0.3) is 0 Å². The molecule has 21 heavy (non-hydrogen) atoms. The summed E-state index contributed by atoms with van der Waals surface area (Å²) >= 11 is 0. The maximum atomic E-state index is 4.80. The van der Waals surface area contributed by atoms with E-state index in [9.17, 15) is 0 Å². The van der Waals surface area contributed by atoms with Crippen LogP contribution >= 0.6 is 0 Å². The van der Waals surface area contributed by atoms with Gasteiger partial charge in [-0.1, -0.05) is 62.7 Å². The fraction of sp³-hybridized carbons (Fsp3) is 0.250. The third kappa shape index (κ3) is 2.82. The molecule has 1 aromatic heterocycles. The Balaban J connectivity index is 2.07. The van der Waals surface area contributed by atoms with Gasteiger partial charge < -0.3 is 0 Å². The van der Waals surface area contributed by atoms with Crippen LogP contribution in [-0.2, 0) is 5.41 Å². The van der Waals surface area contributed by atoms with Crippen molar-refractivity contribution in [2.75, 3.05) is 0 Å². The van der Waals surface area contributed by atoms with E-state index in [4.69, 9.17) is 4.98 Å². The molecule has 2 aromatic carbocycles. The predicted molar refractivity (Wildman–Crippen MR) is 90.6 cm³/mol. The van der Waals surface area contributed by atoms with E-state index >= 15 is 0 Å². The lowest BCUT2D eigenvalue weighted by atomic mass is 9.86. The first-order valence-corrected chi connectivity index (χ1v) is 7.42. The number of fused-ring (bicyclic) bond motifs is 1. The summed E-state index contributed by atoms with van der Waals surface area (Å²) in [6.07, 6.45) is 0. The maximum Gasteiger partial charge on any atom is 0.0709 e. The smallest absolute Gasteiger partial charge is 0.0709 e. The van der Waals surface area contributed by atoms with E-state index in [-0.39, 0.29) is 5.41 Å². The highest BCUT2D eigenvalue weighted by Crippen LogP contribution is 2.27. The molecule has 0 saturated heterocycles. The third-order valence-electron chi connectivity index (χ3n) is 3.90. The SMILES string of the molecule is Cc1ccc(-c2ccc3cc(C(C)(C)C)ccc3n2)cc1. The highest BCUT2D eigenvalue weighted by molar-refractivity contribution is 5.82. The lowest BCUT2D eigenvalue weighted by Crippen LogP contribution is -2.10. The van der Waals surface area contributed by atoms with Gasteiger partial charge in [0.2, 0.25) is 0 Å². The van der Waals surface area contributed by atoms with Crippen molar-refractivity contribution >= 4 is 10.9 Å². The molecule has 1 heterocycles. The molecular weight excluding hydrogens is 254 g/mol. The molecule has 0 aliphatic carbocycles. The molecule has 0 bridgehead atoms. The van der Waals surface area contributed by atoms with E-state index in [2.05, 4.69) is 82.3 Å². The van der Waals surface area contributed by atoms with Crippen LogP contribution in [-0.4, -0.2) is 4.98 Å². The van der Waals surface area contributed by atoms with Crippen LogP contribution in [0.15, 0.2) is 54.6 Å². The van der Waals surface area contributed by atoms with Crippen LogP contribution in [0.4, 0.5) is 0 Å².